The van der Waals surface area contributed by atoms with E-state index in [1.807, 2.05) is 37.2 Å². The van der Waals surface area contributed by atoms with Crippen LogP contribution in [0, 0.1) is 5.82 Å². The molecule has 128 valence electrons. The molecule has 1 unspecified atom stereocenters. The van der Waals surface area contributed by atoms with Gasteiger partial charge in [-0.25, -0.2) is 4.39 Å². The highest BCUT2D eigenvalue weighted by atomic mass is 79.9. The fourth-order valence-corrected chi connectivity index (χ4v) is 2.52. The standard InChI is InChI=1S/C18H20BrFN2O2/c1-22(2)17(13-4-3-5-15(20)10-13)11-21-18(23)12-24-16-8-6-14(19)7-9-16/h3-10,17H,11-12H2,1-2H3,(H,21,23). The lowest BCUT2D eigenvalue weighted by Gasteiger charge is -2.25. The third kappa shape index (κ3) is 5.62. The summed E-state index contributed by atoms with van der Waals surface area (Å²) in [5, 5.41) is 2.83. The number of rotatable bonds is 7. The smallest absolute Gasteiger partial charge is 0.258 e. The monoisotopic (exact) mass is 394 g/mol. The second kappa shape index (κ2) is 8.80. The van der Waals surface area contributed by atoms with Crippen molar-refractivity contribution >= 4 is 21.8 Å². The molecule has 0 fully saturated rings. The van der Waals surface area contributed by atoms with Crippen LogP contribution in [-0.4, -0.2) is 38.1 Å². The molecule has 0 spiro atoms. The van der Waals surface area contributed by atoms with Crippen molar-refractivity contribution in [2.45, 2.75) is 6.04 Å². The molecule has 0 bridgehead atoms. The maximum Gasteiger partial charge on any atom is 0.258 e. The molecule has 4 nitrogen and oxygen atoms in total. The van der Waals surface area contributed by atoms with Crippen molar-refractivity contribution in [3.05, 3.63) is 64.4 Å². The highest BCUT2D eigenvalue weighted by Gasteiger charge is 2.16. The van der Waals surface area contributed by atoms with Crippen molar-refractivity contribution in [3.8, 4) is 5.75 Å². The number of carbonyl (C=O) groups is 1. The van der Waals surface area contributed by atoms with Crippen LogP contribution in [0.2, 0.25) is 0 Å². The van der Waals surface area contributed by atoms with Gasteiger partial charge in [-0.15, -0.1) is 0 Å². The van der Waals surface area contributed by atoms with Crippen LogP contribution in [0.4, 0.5) is 4.39 Å². The summed E-state index contributed by atoms with van der Waals surface area (Å²) < 4.78 is 19.8. The first-order valence-electron chi connectivity index (χ1n) is 7.52. The molecule has 0 aliphatic rings. The number of hydrogen-bond donors (Lipinski definition) is 1. The number of hydrogen-bond acceptors (Lipinski definition) is 3. The molecular weight excluding hydrogens is 375 g/mol. The number of carbonyl (C=O) groups excluding carboxylic acids is 1. The molecule has 6 heteroatoms. The number of ether oxygens (including phenoxy) is 1. The molecule has 0 radical (unpaired) electrons. The van der Waals surface area contributed by atoms with Gasteiger partial charge in [0.05, 0.1) is 6.04 Å². The molecule has 2 rings (SSSR count). The number of nitrogens with one attached hydrogen (secondary N) is 1. The van der Waals surface area contributed by atoms with Crippen molar-refractivity contribution in [2.75, 3.05) is 27.2 Å². The summed E-state index contributed by atoms with van der Waals surface area (Å²) in [7, 11) is 3.78. The number of benzene rings is 2. The lowest BCUT2D eigenvalue weighted by atomic mass is 10.1. The highest BCUT2D eigenvalue weighted by molar-refractivity contribution is 9.10. The van der Waals surface area contributed by atoms with E-state index in [2.05, 4.69) is 21.2 Å². The molecule has 1 atom stereocenters. The zero-order chi connectivity index (χ0) is 17.5. The summed E-state index contributed by atoms with van der Waals surface area (Å²) in [5.74, 6) is 0.119. The van der Waals surface area contributed by atoms with Crippen LogP contribution in [0.15, 0.2) is 53.0 Å². The van der Waals surface area contributed by atoms with Crippen LogP contribution in [0.1, 0.15) is 11.6 Å². The molecule has 0 saturated heterocycles. The minimum Gasteiger partial charge on any atom is -0.484 e. The van der Waals surface area contributed by atoms with Crippen LogP contribution >= 0.6 is 15.9 Å². The zero-order valence-corrected chi connectivity index (χ0v) is 15.2. The molecule has 0 heterocycles. The summed E-state index contributed by atoms with van der Waals surface area (Å²) in [5.41, 5.74) is 0.814. The lowest BCUT2D eigenvalue weighted by molar-refractivity contribution is -0.123. The normalized spacial score (nSPS) is 12.0. The van der Waals surface area contributed by atoms with Crippen LogP contribution in [0.25, 0.3) is 0 Å². The van der Waals surface area contributed by atoms with E-state index in [1.165, 1.54) is 12.1 Å². The van der Waals surface area contributed by atoms with Crippen LogP contribution < -0.4 is 10.1 Å². The highest BCUT2D eigenvalue weighted by Crippen LogP contribution is 2.18. The molecule has 1 amide bonds. The Morgan fingerprint density at radius 3 is 2.58 bits per heavy atom. The summed E-state index contributed by atoms with van der Waals surface area (Å²) in [6.07, 6.45) is 0. The van der Waals surface area contributed by atoms with Crippen molar-refractivity contribution in [2.24, 2.45) is 0 Å². The molecule has 1 N–H and O–H groups in total. The van der Waals surface area contributed by atoms with Gasteiger partial charge < -0.3 is 15.0 Å². The molecule has 2 aromatic rings. The lowest BCUT2D eigenvalue weighted by Crippen LogP contribution is -2.36. The summed E-state index contributed by atoms with van der Waals surface area (Å²) in [4.78, 5) is 13.9. The first-order valence-corrected chi connectivity index (χ1v) is 8.32. The van der Waals surface area contributed by atoms with Crippen LogP contribution in [0.3, 0.4) is 0 Å². The fourth-order valence-electron chi connectivity index (χ4n) is 2.25. The van der Waals surface area contributed by atoms with Gasteiger partial charge in [0, 0.05) is 11.0 Å². The zero-order valence-electron chi connectivity index (χ0n) is 13.6. The first-order chi connectivity index (χ1) is 11.5. The number of halogens is 2. The van der Waals surface area contributed by atoms with Crippen LogP contribution in [0.5, 0.6) is 5.75 Å². The largest absolute Gasteiger partial charge is 0.484 e. The van der Waals surface area contributed by atoms with E-state index in [0.29, 0.717) is 12.3 Å². The number of likely N-dealkylation sites (N-methyl/N-ethyl adjacent to an activating group) is 1. The maximum absolute atomic E-state index is 13.4. The van der Waals surface area contributed by atoms with Gasteiger partial charge in [0.1, 0.15) is 11.6 Å². The van der Waals surface area contributed by atoms with E-state index in [9.17, 15) is 9.18 Å². The van der Waals surface area contributed by atoms with Gasteiger partial charge in [0.25, 0.3) is 5.91 Å². The van der Waals surface area contributed by atoms with Gasteiger partial charge >= 0.3 is 0 Å². The van der Waals surface area contributed by atoms with Crippen molar-refractivity contribution < 1.29 is 13.9 Å². The molecule has 0 aromatic heterocycles. The van der Waals surface area contributed by atoms with Gasteiger partial charge in [-0.1, -0.05) is 28.1 Å². The quantitative estimate of drug-likeness (QED) is 0.782. The summed E-state index contributed by atoms with van der Waals surface area (Å²) in [6.45, 7) is 0.309. The second-order valence-electron chi connectivity index (χ2n) is 5.58. The van der Waals surface area contributed by atoms with Gasteiger partial charge in [0.2, 0.25) is 0 Å². The van der Waals surface area contributed by atoms with Crippen molar-refractivity contribution in [3.63, 3.8) is 0 Å². The Balaban J connectivity index is 1.87. The molecular formula is C18H20BrFN2O2. The van der Waals surface area contributed by atoms with E-state index in [4.69, 9.17) is 4.74 Å². The van der Waals surface area contributed by atoms with E-state index >= 15 is 0 Å². The first kappa shape index (κ1) is 18.4. The topological polar surface area (TPSA) is 41.6 Å². The third-order valence-corrected chi connectivity index (χ3v) is 4.06. The average molecular weight is 395 g/mol. The van der Waals surface area contributed by atoms with E-state index in [-0.39, 0.29) is 24.4 Å². The maximum atomic E-state index is 13.4. The van der Waals surface area contributed by atoms with Gasteiger partial charge in [-0.3, -0.25) is 4.79 Å². The predicted molar refractivity (Wildman–Crippen MR) is 95.5 cm³/mol. The van der Waals surface area contributed by atoms with Crippen LogP contribution in [-0.2, 0) is 4.79 Å². The van der Waals surface area contributed by atoms with Gasteiger partial charge in [0.15, 0.2) is 6.61 Å². The Kier molecular flexibility index (Phi) is 6.75. The van der Waals surface area contributed by atoms with Gasteiger partial charge in [-0.2, -0.15) is 0 Å². The predicted octanol–water partition coefficient (Wildman–Crippen LogP) is 3.39. The Morgan fingerprint density at radius 1 is 1.25 bits per heavy atom. The Hall–Kier alpha value is -1.92. The summed E-state index contributed by atoms with van der Waals surface area (Å²) >= 11 is 3.34. The minimum absolute atomic E-state index is 0.0646. The van der Waals surface area contributed by atoms with Gasteiger partial charge in [-0.05, 0) is 56.1 Å². The molecule has 0 aliphatic carbocycles. The molecule has 0 saturated carbocycles. The number of nitrogens with zero attached hydrogens (tertiary/aromatic N) is 1. The molecule has 2 aromatic carbocycles. The van der Waals surface area contributed by atoms with Crippen molar-refractivity contribution in [1.82, 2.24) is 10.2 Å². The minimum atomic E-state index is -0.288. The fraction of sp³-hybridized carbons (Fsp3) is 0.278. The number of amides is 1. The van der Waals surface area contributed by atoms with E-state index < -0.39 is 0 Å². The summed E-state index contributed by atoms with van der Waals surface area (Å²) in [6, 6.07) is 13.5. The Labute approximate surface area is 149 Å². The molecule has 24 heavy (non-hydrogen) atoms. The third-order valence-electron chi connectivity index (χ3n) is 3.53. The Bertz CT molecular complexity index is 677. The van der Waals surface area contributed by atoms with E-state index in [0.717, 1.165) is 10.0 Å². The average Bonchev–Trinajstić information content (AvgIpc) is 2.54. The molecule has 0 aliphatic heterocycles. The second-order valence-corrected chi connectivity index (χ2v) is 6.50. The van der Waals surface area contributed by atoms with E-state index in [1.54, 1.807) is 18.2 Å². The Morgan fingerprint density at radius 2 is 1.96 bits per heavy atom. The van der Waals surface area contributed by atoms with Crippen molar-refractivity contribution in [1.29, 1.82) is 0 Å². The SMILES string of the molecule is CN(C)C(CNC(=O)COc1ccc(Br)cc1)c1cccc(F)c1.